The maximum absolute atomic E-state index is 12.3. The fourth-order valence-electron chi connectivity index (χ4n) is 2.77. The summed E-state index contributed by atoms with van der Waals surface area (Å²) in [7, 11) is 1.42. The number of carbonyl (C=O) groups is 3. The van der Waals surface area contributed by atoms with E-state index in [9.17, 15) is 4.79 Å². The Kier molecular flexibility index (Phi) is 7.35. The zero-order chi connectivity index (χ0) is 20.0. The molecule has 1 aliphatic rings. The molecule has 0 saturated carbocycles. The highest BCUT2D eigenvalue weighted by Crippen LogP contribution is 2.33. The first-order chi connectivity index (χ1) is 12.8. The van der Waals surface area contributed by atoms with Crippen molar-refractivity contribution in [1.29, 1.82) is 0 Å². The number of hydrogen-bond acceptors (Lipinski definition) is 6. The molecule has 0 saturated heterocycles. The molecule has 7 nitrogen and oxygen atoms in total. The van der Waals surface area contributed by atoms with Gasteiger partial charge in [-0.2, -0.15) is 0 Å². The third-order valence-electron chi connectivity index (χ3n) is 4.01. The maximum Gasteiger partial charge on any atom is 0.414 e. The van der Waals surface area contributed by atoms with E-state index in [1.807, 2.05) is 24.3 Å². The second-order valence-electron chi connectivity index (χ2n) is 5.65. The Morgan fingerprint density at radius 2 is 1.85 bits per heavy atom. The lowest BCUT2D eigenvalue weighted by molar-refractivity contribution is -0.159. The summed E-state index contributed by atoms with van der Waals surface area (Å²) < 4.78 is 5.01. The molecule has 27 heavy (non-hydrogen) atoms. The van der Waals surface area contributed by atoms with Crippen LogP contribution >= 0.6 is 22.9 Å². The Labute approximate surface area is 164 Å². The van der Waals surface area contributed by atoms with Crippen molar-refractivity contribution in [2.24, 2.45) is 0 Å². The van der Waals surface area contributed by atoms with Gasteiger partial charge in [-0.3, -0.25) is 4.90 Å². The van der Waals surface area contributed by atoms with Gasteiger partial charge in [-0.15, -0.1) is 11.3 Å². The molecule has 9 heteroatoms. The molecule has 0 spiro atoms. The predicted molar refractivity (Wildman–Crippen MR) is 99.9 cm³/mol. The van der Waals surface area contributed by atoms with Gasteiger partial charge < -0.3 is 14.9 Å². The van der Waals surface area contributed by atoms with Crippen LogP contribution in [0.5, 0.6) is 0 Å². The fraction of sp³-hybridized carbons (Fsp3) is 0.278. The summed E-state index contributed by atoms with van der Waals surface area (Å²) in [5, 5.41) is 17.5. The molecule has 144 valence electrons. The van der Waals surface area contributed by atoms with Crippen molar-refractivity contribution < 1.29 is 29.3 Å². The van der Waals surface area contributed by atoms with Crippen LogP contribution in [-0.2, 0) is 32.1 Å². The van der Waals surface area contributed by atoms with Crippen molar-refractivity contribution in [1.82, 2.24) is 4.90 Å². The zero-order valence-corrected chi connectivity index (χ0v) is 16.0. The summed E-state index contributed by atoms with van der Waals surface area (Å²) in [6.07, 6.45) is 0.963. The monoisotopic (exact) mass is 411 g/mol. The third kappa shape index (κ3) is 5.29. The first-order valence-corrected chi connectivity index (χ1v) is 9.18. The Morgan fingerprint density at radius 1 is 1.19 bits per heavy atom. The van der Waals surface area contributed by atoms with E-state index in [1.54, 1.807) is 11.3 Å². The van der Waals surface area contributed by atoms with Gasteiger partial charge in [0.05, 0.1) is 7.11 Å². The van der Waals surface area contributed by atoms with Crippen LogP contribution in [0.15, 0.2) is 35.7 Å². The number of thiophene rings is 1. The normalized spacial score (nSPS) is 14.3. The van der Waals surface area contributed by atoms with Gasteiger partial charge in [0.15, 0.2) is 0 Å². The second-order valence-corrected chi connectivity index (χ2v) is 7.05. The number of aliphatic carboxylic acids is 2. The Hall–Kier alpha value is -2.42. The van der Waals surface area contributed by atoms with Crippen LogP contribution in [0.1, 0.15) is 22.0 Å². The van der Waals surface area contributed by atoms with Gasteiger partial charge in [0, 0.05) is 23.0 Å². The molecule has 0 aliphatic carbocycles. The minimum Gasteiger partial charge on any atom is -0.473 e. The number of methoxy groups -OCH3 is 1. The zero-order valence-electron chi connectivity index (χ0n) is 14.4. The van der Waals surface area contributed by atoms with Crippen molar-refractivity contribution in [2.45, 2.75) is 19.0 Å². The van der Waals surface area contributed by atoms with Crippen LogP contribution in [0.25, 0.3) is 0 Å². The molecule has 0 fully saturated rings. The highest BCUT2D eigenvalue weighted by molar-refractivity contribution is 7.10. The summed E-state index contributed by atoms with van der Waals surface area (Å²) in [6, 6.07) is 9.16. The van der Waals surface area contributed by atoms with E-state index < -0.39 is 18.0 Å². The molecule has 1 atom stereocenters. The summed E-state index contributed by atoms with van der Waals surface area (Å²) in [6.45, 7) is 1.59. The Morgan fingerprint density at radius 3 is 2.44 bits per heavy atom. The number of carboxylic acids is 2. The van der Waals surface area contributed by atoms with Gasteiger partial charge in [0.25, 0.3) is 0 Å². The number of fused-ring (bicyclic) bond motifs is 1. The van der Waals surface area contributed by atoms with E-state index in [-0.39, 0.29) is 5.97 Å². The third-order valence-corrected chi connectivity index (χ3v) is 5.38. The van der Waals surface area contributed by atoms with Crippen LogP contribution in [0.2, 0.25) is 5.02 Å². The van der Waals surface area contributed by atoms with Crippen molar-refractivity contribution in [2.75, 3.05) is 13.7 Å². The molecule has 2 aromatic rings. The van der Waals surface area contributed by atoms with E-state index in [1.165, 1.54) is 17.6 Å². The van der Waals surface area contributed by atoms with Crippen LogP contribution in [0, 0.1) is 0 Å². The van der Waals surface area contributed by atoms with E-state index in [2.05, 4.69) is 16.3 Å². The van der Waals surface area contributed by atoms with Gasteiger partial charge in [-0.1, -0.05) is 29.8 Å². The number of carbonyl (C=O) groups excluding carboxylic acids is 1. The fourth-order valence-corrected chi connectivity index (χ4v) is 3.90. The molecule has 1 aromatic carbocycles. The van der Waals surface area contributed by atoms with E-state index in [4.69, 9.17) is 36.1 Å². The molecular weight excluding hydrogens is 394 g/mol. The molecule has 0 bridgehead atoms. The van der Waals surface area contributed by atoms with Crippen LogP contribution < -0.4 is 0 Å². The largest absolute Gasteiger partial charge is 0.473 e. The summed E-state index contributed by atoms with van der Waals surface area (Å²) in [5.41, 5.74) is 2.11. The smallest absolute Gasteiger partial charge is 0.414 e. The van der Waals surface area contributed by atoms with E-state index in [0.717, 1.165) is 25.1 Å². The Balaban J connectivity index is 0.000000380. The minimum atomic E-state index is -1.82. The number of nitrogens with zero attached hydrogens (tertiary/aromatic N) is 1. The molecular formula is C18H18ClNO6S. The number of carboxylic acid groups (broad SMARTS) is 2. The van der Waals surface area contributed by atoms with Gasteiger partial charge in [-0.25, -0.2) is 14.4 Å². The molecule has 0 radical (unpaired) electrons. The van der Waals surface area contributed by atoms with Crippen LogP contribution in [-0.4, -0.2) is 46.7 Å². The van der Waals surface area contributed by atoms with Gasteiger partial charge in [0.2, 0.25) is 0 Å². The molecule has 0 amide bonds. The topological polar surface area (TPSA) is 104 Å². The molecule has 1 aromatic heterocycles. The van der Waals surface area contributed by atoms with Crippen molar-refractivity contribution >= 4 is 40.8 Å². The first-order valence-electron chi connectivity index (χ1n) is 7.93. The molecule has 2 heterocycles. The van der Waals surface area contributed by atoms with E-state index in [0.29, 0.717) is 5.02 Å². The van der Waals surface area contributed by atoms with Crippen molar-refractivity contribution in [3.8, 4) is 0 Å². The second kappa shape index (κ2) is 9.50. The standard InChI is InChI=1S/C16H16ClNO2S.C2H2O4/c1-20-16(19)15(12-4-2-3-5-13(12)17)18-8-6-14-11(10-18)7-9-21-14;3-1(4)2(5)6/h2-5,7,9,15H,6,8,10H2,1H3;(H,3,4)(H,5,6)/t15-;/m1./s1. The van der Waals surface area contributed by atoms with Gasteiger partial charge in [-0.05, 0) is 35.1 Å². The minimum absolute atomic E-state index is 0.262. The number of ether oxygens (including phenoxy) is 1. The summed E-state index contributed by atoms with van der Waals surface area (Å²) in [4.78, 5) is 34.0. The lowest BCUT2D eigenvalue weighted by atomic mass is 10.0. The molecule has 3 rings (SSSR count). The van der Waals surface area contributed by atoms with Crippen molar-refractivity contribution in [3.05, 3.63) is 56.7 Å². The predicted octanol–water partition coefficient (Wildman–Crippen LogP) is 2.83. The number of esters is 1. The van der Waals surface area contributed by atoms with Crippen LogP contribution in [0.3, 0.4) is 0 Å². The average molecular weight is 412 g/mol. The van der Waals surface area contributed by atoms with E-state index >= 15 is 0 Å². The molecule has 1 aliphatic heterocycles. The summed E-state index contributed by atoms with van der Waals surface area (Å²) >= 11 is 8.07. The quantitative estimate of drug-likeness (QED) is 0.591. The first kappa shape index (κ1) is 20.9. The highest BCUT2D eigenvalue weighted by Gasteiger charge is 2.32. The van der Waals surface area contributed by atoms with Gasteiger partial charge >= 0.3 is 17.9 Å². The lowest BCUT2D eigenvalue weighted by Crippen LogP contribution is -2.38. The number of rotatable bonds is 3. The Bertz CT molecular complexity index is 825. The number of halogens is 1. The van der Waals surface area contributed by atoms with Crippen LogP contribution in [0.4, 0.5) is 0 Å². The average Bonchev–Trinajstić information content (AvgIpc) is 3.11. The van der Waals surface area contributed by atoms with Gasteiger partial charge in [0.1, 0.15) is 6.04 Å². The molecule has 2 N–H and O–H groups in total. The molecule has 0 unspecified atom stereocenters. The number of benzene rings is 1. The number of hydrogen-bond donors (Lipinski definition) is 2. The van der Waals surface area contributed by atoms with Crippen molar-refractivity contribution in [3.63, 3.8) is 0 Å². The summed E-state index contributed by atoms with van der Waals surface area (Å²) in [5.74, 6) is -3.91. The lowest BCUT2D eigenvalue weighted by Gasteiger charge is -2.33. The highest BCUT2D eigenvalue weighted by atomic mass is 35.5. The maximum atomic E-state index is 12.3. The SMILES string of the molecule is COC(=O)[C@@H](c1ccccc1Cl)N1CCc2sccc2C1.O=C(O)C(=O)O.